The average Bonchev–Trinajstić information content (AvgIpc) is 2.67. The van der Waals surface area contributed by atoms with Crippen molar-refractivity contribution in [2.75, 3.05) is 19.0 Å². The molecule has 146 valence electrons. The highest BCUT2D eigenvalue weighted by molar-refractivity contribution is 9.10. The van der Waals surface area contributed by atoms with Crippen LogP contribution in [-0.2, 0) is 9.59 Å². The number of hydrogen-bond acceptors (Lipinski definition) is 5. The molecule has 0 saturated heterocycles. The van der Waals surface area contributed by atoms with E-state index in [1.807, 2.05) is 6.07 Å². The second kappa shape index (κ2) is 10.9. The quantitative estimate of drug-likeness (QED) is 0.267. The van der Waals surface area contributed by atoms with Crippen LogP contribution in [0, 0.1) is 0 Å². The van der Waals surface area contributed by atoms with Crippen molar-refractivity contribution in [1.82, 2.24) is 5.43 Å². The Balaban J connectivity index is 1.92. The van der Waals surface area contributed by atoms with Gasteiger partial charge >= 0.3 is 0 Å². The fraction of sp³-hybridized carbons (Fsp3) is 0.150. The van der Waals surface area contributed by atoms with Crippen molar-refractivity contribution in [2.45, 2.75) is 6.42 Å². The first-order chi connectivity index (χ1) is 13.5. The number of para-hydroxylation sites is 1. The second-order valence-corrected chi connectivity index (χ2v) is 6.37. The number of benzene rings is 2. The summed E-state index contributed by atoms with van der Waals surface area (Å²) in [4.78, 5) is 23.7. The van der Waals surface area contributed by atoms with Crippen molar-refractivity contribution in [3.05, 3.63) is 65.2 Å². The van der Waals surface area contributed by atoms with Crippen LogP contribution in [0.2, 0.25) is 0 Å². The van der Waals surface area contributed by atoms with Gasteiger partial charge in [0.2, 0.25) is 11.8 Å². The van der Waals surface area contributed by atoms with E-state index in [0.29, 0.717) is 33.8 Å². The molecule has 0 radical (unpaired) electrons. The Morgan fingerprint density at radius 3 is 2.64 bits per heavy atom. The zero-order chi connectivity index (χ0) is 20.4. The highest BCUT2D eigenvalue weighted by Crippen LogP contribution is 2.36. The summed E-state index contributed by atoms with van der Waals surface area (Å²) >= 11 is 3.41. The minimum Gasteiger partial charge on any atom is -0.493 e. The first kappa shape index (κ1) is 21.2. The summed E-state index contributed by atoms with van der Waals surface area (Å²) in [5, 5.41) is 6.50. The maximum atomic E-state index is 11.8. The summed E-state index contributed by atoms with van der Waals surface area (Å²) in [5.41, 5.74) is 3.62. The third kappa shape index (κ3) is 6.55. The van der Waals surface area contributed by atoms with Crippen LogP contribution < -0.4 is 20.2 Å². The largest absolute Gasteiger partial charge is 0.493 e. The molecule has 2 rings (SSSR count). The summed E-state index contributed by atoms with van der Waals surface area (Å²) in [6, 6.07) is 12.4. The number of nitrogens with one attached hydrogen (secondary N) is 2. The van der Waals surface area contributed by atoms with E-state index in [4.69, 9.17) is 9.47 Å². The van der Waals surface area contributed by atoms with Crippen molar-refractivity contribution < 1.29 is 19.1 Å². The smallest absolute Gasteiger partial charge is 0.249 e. The number of carbonyl (C=O) groups excluding carboxylic acids is 2. The normalized spacial score (nSPS) is 10.4. The first-order valence-electron chi connectivity index (χ1n) is 8.31. The molecule has 0 bridgehead atoms. The molecule has 0 unspecified atom stereocenters. The van der Waals surface area contributed by atoms with Gasteiger partial charge in [-0.15, -0.1) is 0 Å². The van der Waals surface area contributed by atoms with Gasteiger partial charge in [0.05, 0.1) is 17.8 Å². The van der Waals surface area contributed by atoms with Crippen molar-refractivity contribution in [2.24, 2.45) is 5.10 Å². The van der Waals surface area contributed by atoms with E-state index in [0.717, 1.165) is 0 Å². The molecule has 0 atom stereocenters. The predicted molar refractivity (Wildman–Crippen MR) is 112 cm³/mol. The Kier molecular flexibility index (Phi) is 8.23. The van der Waals surface area contributed by atoms with Crippen molar-refractivity contribution in [3.8, 4) is 11.5 Å². The Bertz CT molecular complexity index is 869. The standard InChI is InChI=1S/C20H20BrN3O4/c1-3-9-28-20-16(21)10-14(11-17(20)27-2)13-22-24-19(26)12-18(25)23-15-7-5-4-6-8-15/h3-8,10-11,13H,1,9,12H2,2H3,(H,23,25)(H,24,26). The van der Waals surface area contributed by atoms with Gasteiger partial charge in [-0.3, -0.25) is 9.59 Å². The first-order valence-corrected chi connectivity index (χ1v) is 9.10. The summed E-state index contributed by atoms with van der Waals surface area (Å²) in [6.45, 7) is 3.95. The van der Waals surface area contributed by atoms with Gasteiger partial charge in [0, 0.05) is 5.69 Å². The third-order valence-corrected chi connectivity index (χ3v) is 3.97. The van der Waals surface area contributed by atoms with Crippen LogP contribution in [0.3, 0.4) is 0 Å². The van der Waals surface area contributed by atoms with Gasteiger partial charge in [-0.25, -0.2) is 5.43 Å². The lowest BCUT2D eigenvalue weighted by Gasteiger charge is -2.12. The van der Waals surface area contributed by atoms with Gasteiger partial charge in [-0.05, 0) is 45.8 Å². The molecule has 7 nitrogen and oxygen atoms in total. The fourth-order valence-electron chi connectivity index (χ4n) is 2.19. The monoisotopic (exact) mass is 445 g/mol. The summed E-state index contributed by atoms with van der Waals surface area (Å²) in [6.07, 6.45) is 2.73. The van der Waals surface area contributed by atoms with Crippen LogP contribution in [0.25, 0.3) is 0 Å². The molecular weight excluding hydrogens is 426 g/mol. The number of rotatable bonds is 9. The zero-order valence-electron chi connectivity index (χ0n) is 15.3. The Morgan fingerprint density at radius 2 is 1.96 bits per heavy atom. The number of amides is 2. The van der Waals surface area contributed by atoms with Crippen molar-refractivity contribution >= 4 is 39.6 Å². The van der Waals surface area contributed by atoms with Crippen LogP contribution in [0.15, 0.2) is 64.7 Å². The van der Waals surface area contributed by atoms with Gasteiger partial charge in [-0.2, -0.15) is 5.10 Å². The minimum atomic E-state index is -0.526. The SMILES string of the molecule is C=CCOc1c(Br)cc(C=NNC(=O)CC(=O)Nc2ccccc2)cc1OC. The molecule has 0 heterocycles. The summed E-state index contributed by atoms with van der Waals surface area (Å²) in [7, 11) is 1.52. The van der Waals surface area contributed by atoms with Gasteiger partial charge in [0.25, 0.3) is 0 Å². The van der Waals surface area contributed by atoms with Crippen LogP contribution >= 0.6 is 15.9 Å². The maximum Gasteiger partial charge on any atom is 0.249 e. The van der Waals surface area contributed by atoms with E-state index in [9.17, 15) is 9.59 Å². The van der Waals surface area contributed by atoms with Crippen LogP contribution in [0.1, 0.15) is 12.0 Å². The lowest BCUT2D eigenvalue weighted by Crippen LogP contribution is -2.24. The van der Waals surface area contributed by atoms with E-state index in [-0.39, 0.29) is 6.42 Å². The van der Waals surface area contributed by atoms with E-state index >= 15 is 0 Å². The zero-order valence-corrected chi connectivity index (χ0v) is 16.9. The molecule has 0 aliphatic heterocycles. The molecule has 28 heavy (non-hydrogen) atoms. The molecule has 2 aromatic carbocycles. The highest BCUT2D eigenvalue weighted by Gasteiger charge is 2.11. The lowest BCUT2D eigenvalue weighted by molar-refractivity contribution is -0.126. The van der Waals surface area contributed by atoms with Crippen LogP contribution in [-0.4, -0.2) is 31.7 Å². The number of nitrogens with zero attached hydrogens (tertiary/aromatic N) is 1. The van der Waals surface area contributed by atoms with Crippen molar-refractivity contribution in [1.29, 1.82) is 0 Å². The van der Waals surface area contributed by atoms with E-state index in [1.165, 1.54) is 13.3 Å². The van der Waals surface area contributed by atoms with Crippen molar-refractivity contribution in [3.63, 3.8) is 0 Å². The molecule has 2 aromatic rings. The van der Waals surface area contributed by atoms with Gasteiger partial charge in [0.1, 0.15) is 13.0 Å². The van der Waals surface area contributed by atoms with E-state index < -0.39 is 11.8 Å². The molecule has 0 spiro atoms. The molecule has 0 fully saturated rings. The number of carbonyl (C=O) groups is 2. The van der Waals surface area contributed by atoms with Gasteiger partial charge in [-0.1, -0.05) is 30.9 Å². The molecule has 0 aromatic heterocycles. The lowest BCUT2D eigenvalue weighted by atomic mass is 10.2. The molecule has 2 amide bonds. The number of ether oxygens (including phenoxy) is 2. The molecule has 0 saturated carbocycles. The van der Waals surface area contributed by atoms with E-state index in [2.05, 4.69) is 38.4 Å². The van der Waals surface area contributed by atoms with E-state index in [1.54, 1.807) is 42.5 Å². The molecule has 0 aliphatic rings. The molecule has 2 N–H and O–H groups in total. The Labute approximate surface area is 171 Å². The second-order valence-electron chi connectivity index (χ2n) is 5.52. The highest BCUT2D eigenvalue weighted by atomic mass is 79.9. The van der Waals surface area contributed by atoms with Crippen LogP contribution in [0.4, 0.5) is 5.69 Å². The minimum absolute atomic E-state index is 0.337. The summed E-state index contributed by atoms with van der Waals surface area (Å²) < 4.78 is 11.5. The number of methoxy groups -OCH3 is 1. The molecular formula is C20H20BrN3O4. The summed E-state index contributed by atoms with van der Waals surface area (Å²) in [5.74, 6) is 0.0982. The fourth-order valence-corrected chi connectivity index (χ4v) is 2.76. The average molecular weight is 446 g/mol. The van der Waals surface area contributed by atoms with Gasteiger partial charge in [0.15, 0.2) is 11.5 Å². The molecule has 0 aliphatic carbocycles. The molecule has 8 heteroatoms. The topological polar surface area (TPSA) is 89.0 Å². The maximum absolute atomic E-state index is 11.8. The van der Waals surface area contributed by atoms with Gasteiger partial charge < -0.3 is 14.8 Å². The number of hydrogen-bond donors (Lipinski definition) is 2. The number of halogens is 1. The third-order valence-electron chi connectivity index (χ3n) is 3.38. The predicted octanol–water partition coefficient (Wildman–Crippen LogP) is 3.50. The Morgan fingerprint density at radius 1 is 1.21 bits per heavy atom. The number of hydrazone groups is 1. The number of anilines is 1. The Hall–Kier alpha value is -3.13. The van der Waals surface area contributed by atoms with Crippen LogP contribution in [0.5, 0.6) is 11.5 Å².